The van der Waals surface area contributed by atoms with E-state index in [-0.39, 0.29) is 23.0 Å². The number of aromatic nitrogens is 4. The molecule has 1 aliphatic rings. The number of ether oxygens (including phenoxy) is 2. The third-order valence-electron chi connectivity index (χ3n) is 5.91. The summed E-state index contributed by atoms with van der Waals surface area (Å²) >= 11 is 0. The minimum Gasteiger partial charge on any atom is -0.453 e. The van der Waals surface area contributed by atoms with Crippen LogP contribution < -0.4 is 0 Å². The van der Waals surface area contributed by atoms with Crippen molar-refractivity contribution in [3.05, 3.63) is 71.8 Å². The van der Waals surface area contributed by atoms with Crippen LogP contribution in [-0.4, -0.2) is 63.1 Å². The third-order valence-corrected chi connectivity index (χ3v) is 5.91. The Bertz CT molecular complexity index is 1330. The van der Waals surface area contributed by atoms with Crippen LogP contribution in [-0.2, 0) is 15.9 Å². The van der Waals surface area contributed by atoms with Crippen molar-refractivity contribution >= 4 is 11.7 Å². The van der Waals surface area contributed by atoms with Gasteiger partial charge >= 0.3 is 6.09 Å². The molecule has 0 N–H and O–H groups in total. The smallest absolute Gasteiger partial charge is 0.409 e. The van der Waals surface area contributed by atoms with Crippen molar-refractivity contribution in [1.29, 1.82) is 0 Å². The Kier molecular flexibility index (Phi) is 5.74. The number of hydrogen-bond acceptors (Lipinski definition) is 5. The molecule has 1 fully saturated rings. The number of halogens is 2. The van der Waals surface area contributed by atoms with E-state index in [4.69, 9.17) is 9.47 Å². The number of amides is 1. The van der Waals surface area contributed by atoms with Crippen molar-refractivity contribution in [2.75, 3.05) is 26.8 Å². The van der Waals surface area contributed by atoms with Crippen molar-refractivity contribution in [2.45, 2.75) is 19.4 Å². The highest BCUT2D eigenvalue weighted by Crippen LogP contribution is 2.32. The molecule has 8 nitrogen and oxygen atoms in total. The van der Waals surface area contributed by atoms with Crippen molar-refractivity contribution in [2.24, 2.45) is 0 Å². The second-order valence-corrected chi connectivity index (χ2v) is 8.19. The lowest BCUT2D eigenvalue weighted by Gasteiger charge is -2.32. The van der Waals surface area contributed by atoms with Gasteiger partial charge in [0.15, 0.2) is 0 Å². The van der Waals surface area contributed by atoms with Crippen LogP contribution in [0.5, 0.6) is 0 Å². The minimum absolute atomic E-state index is 0.200. The molecule has 0 radical (unpaired) electrons. The normalized spacial score (nSPS) is 16.2. The maximum Gasteiger partial charge on any atom is 0.409 e. The number of fused-ring (bicyclic) bond motifs is 1. The Hall–Kier alpha value is -3.79. The first kappa shape index (κ1) is 22.0. The van der Waals surface area contributed by atoms with Crippen LogP contribution in [0.3, 0.4) is 0 Å². The second kappa shape index (κ2) is 8.86. The molecule has 3 aromatic heterocycles. The molecular formula is C24H23F2N5O3. The first-order valence-corrected chi connectivity index (χ1v) is 10.9. The molecule has 1 aromatic carbocycles. The number of carbonyl (C=O) groups is 1. The molecule has 0 spiro atoms. The summed E-state index contributed by atoms with van der Waals surface area (Å²) in [6, 6.07) is 7.90. The first-order chi connectivity index (χ1) is 16.4. The molecule has 176 valence electrons. The Balaban J connectivity index is 1.58. The van der Waals surface area contributed by atoms with Gasteiger partial charge in [0.1, 0.15) is 17.3 Å². The molecule has 1 amide bonds. The lowest BCUT2D eigenvalue weighted by Crippen LogP contribution is -2.46. The van der Waals surface area contributed by atoms with Crippen LogP contribution >= 0.6 is 0 Å². The van der Waals surface area contributed by atoms with Gasteiger partial charge in [-0.15, -0.1) is 0 Å². The van der Waals surface area contributed by atoms with E-state index in [1.54, 1.807) is 17.2 Å². The lowest BCUT2D eigenvalue weighted by molar-refractivity contribution is -0.0241. The van der Waals surface area contributed by atoms with E-state index in [0.717, 1.165) is 5.56 Å². The van der Waals surface area contributed by atoms with Crippen LogP contribution in [0.4, 0.5) is 13.6 Å². The minimum atomic E-state index is -0.743. The summed E-state index contributed by atoms with van der Waals surface area (Å²) in [7, 11) is 1.33. The number of imidazole rings is 1. The van der Waals surface area contributed by atoms with Crippen molar-refractivity contribution < 1.29 is 23.0 Å². The third kappa shape index (κ3) is 4.01. The Labute approximate surface area is 194 Å². The van der Waals surface area contributed by atoms with Crippen LogP contribution in [0.15, 0.2) is 48.9 Å². The molecular weight excluding hydrogens is 444 g/mol. The molecule has 4 heterocycles. The Morgan fingerprint density at radius 1 is 1.24 bits per heavy atom. The predicted octanol–water partition coefficient (Wildman–Crippen LogP) is 3.78. The summed E-state index contributed by atoms with van der Waals surface area (Å²) in [5, 5.41) is 4.04. The summed E-state index contributed by atoms with van der Waals surface area (Å²) in [6.45, 7) is 2.98. The summed E-state index contributed by atoms with van der Waals surface area (Å²) in [6.07, 6.45) is 4.45. The zero-order chi connectivity index (χ0) is 23.8. The zero-order valence-electron chi connectivity index (χ0n) is 18.7. The molecule has 1 saturated heterocycles. The SMILES string of the molecule is COC(=O)N1CCO[C@@H](Cc2c(-c3c(F)cc(-n4cccn4)cc3F)nc3cc(C)ccn23)C1. The van der Waals surface area contributed by atoms with Crippen LogP contribution in [0, 0.1) is 18.6 Å². The topological polar surface area (TPSA) is 73.9 Å². The van der Waals surface area contributed by atoms with Gasteiger partial charge < -0.3 is 18.8 Å². The van der Waals surface area contributed by atoms with Crippen LogP contribution in [0.2, 0.25) is 0 Å². The Morgan fingerprint density at radius 3 is 2.74 bits per heavy atom. The largest absolute Gasteiger partial charge is 0.453 e. The Morgan fingerprint density at radius 2 is 2.03 bits per heavy atom. The van der Waals surface area contributed by atoms with E-state index < -0.39 is 17.7 Å². The molecule has 1 atom stereocenters. The van der Waals surface area contributed by atoms with Gasteiger partial charge in [0, 0.05) is 43.7 Å². The number of hydrogen-bond donors (Lipinski definition) is 0. The van der Waals surface area contributed by atoms with E-state index in [9.17, 15) is 4.79 Å². The van der Waals surface area contributed by atoms with Crippen molar-refractivity contribution in [3.8, 4) is 16.9 Å². The summed E-state index contributed by atoms with van der Waals surface area (Å²) in [5.74, 6) is -1.49. The first-order valence-electron chi connectivity index (χ1n) is 10.9. The highest BCUT2D eigenvalue weighted by atomic mass is 19.1. The number of nitrogens with zero attached hydrogens (tertiary/aromatic N) is 5. The van der Waals surface area contributed by atoms with Crippen molar-refractivity contribution in [3.63, 3.8) is 0 Å². The number of aryl methyl sites for hydroxylation is 1. The second-order valence-electron chi connectivity index (χ2n) is 8.19. The van der Waals surface area contributed by atoms with Crippen LogP contribution in [0.1, 0.15) is 11.3 Å². The molecule has 0 bridgehead atoms. The predicted molar refractivity (Wildman–Crippen MR) is 120 cm³/mol. The number of carbonyl (C=O) groups excluding carboxylic acids is 1. The van der Waals surface area contributed by atoms with Gasteiger partial charge in [0.25, 0.3) is 0 Å². The summed E-state index contributed by atoms with van der Waals surface area (Å²) in [4.78, 5) is 18.1. The summed E-state index contributed by atoms with van der Waals surface area (Å²) in [5.41, 5.74) is 2.39. The van der Waals surface area contributed by atoms with E-state index in [2.05, 4.69) is 10.1 Å². The van der Waals surface area contributed by atoms with Gasteiger partial charge in [-0.25, -0.2) is 23.2 Å². The van der Waals surface area contributed by atoms with Gasteiger partial charge in [0.2, 0.25) is 0 Å². The van der Waals surface area contributed by atoms with Gasteiger partial charge in [-0.2, -0.15) is 5.10 Å². The average Bonchev–Trinajstić information content (AvgIpc) is 3.47. The molecule has 0 saturated carbocycles. The molecule has 4 aromatic rings. The summed E-state index contributed by atoms with van der Waals surface area (Å²) < 4.78 is 44.6. The van der Waals surface area contributed by atoms with Crippen molar-refractivity contribution in [1.82, 2.24) is 24.1 Å². The van der Waals surface area contributed by atoms with Crippen LogP contribution in [0.25, 0.3) is 22.6 Å². The van der Waals surface area contributed by atoms with Gasteiger partial charge in [0.05, 0.1) is 49.0 Å². The fraction of sp³-hybridized carbons (Fsp3) is 0.292. The number of rotatable bonds is 4. The monoisotopic (exact) mass is 467 g/mol. The highest BCUT2D eigenvalue weighted by Gasteiger charge is 2.29. The number of benzene rings is 1. The standard InChI is InChI=1S/C24H23F2N5O3/c1-15-4-7-30-20(13-17-14-29(8-9-34-17)24(32)33-2)23(28-21(30)10-15)22-18(25)11-16(12-19(22)26)31-6-3-5-27-31/h3-7,10-12,17H,8-9,13-14H2,1-2H3/t17-/m0/s1. The zero-order valence-corrected chi connectivity index (χ0v) is 18.7. The number of morpholine rings is 1. The molecule has 0 unspecified atom stereocenters. The van der Waals surface area contributed by atoms with E-state index in [1.165, 1.54) is 30.1 Å². The molecule has 5 rings (SSSR count). The molecule has 34 heavy (non-hydrogen) atoms. The number of methoxy groups -OCH3 is 1. The maximum absolute atomic E-state index is 15.3. The number of pyridine rings is 1. The van der Waals surface area contributed by atoms with E-state index in [1.807, 2.05) is 29.7 Å². The molecule has 10 heteroatoms. The van der Waals surface area contributed by atoms with E-state index >= 15 is 8.78 Å². The average molecular weight is 467 g/mol. The van der Waals surface area contributed by atoms with Gasteiger partial charge in [-0.1, -0.05) is 0 Å². The fourth-order valence-corrected chi connectivity index (χ4v) is 4.29. The van der Waals surface area contributed by atoms with Gasteiger partial charge in [-0.3, -0.25) is 0 Å². The maximum atomic E-state index is 15.3. The van der Waals surface area contributed by atoms with Gasteiger partial charge in [-0.05, 0) is 30.7 Å². The van der Waals surface area contributed by atoms with E-state index in [0.29, 0.717) is 37.5 Å². The lowest BCUT2D eigenvalue weighted by atomic mass is 10.0. The molecule has 1 aliphatic heterocycles. The highest BCUT2D eigenvalue weighted by molar-refractivity contribution is 5.70. The quantitative estimate of drug-likeness (QED) is 0.457. The molecule has 0 aliphatic carbocycles. The fourth-order valence-electron chi connectivity index (χ4n) is 4.29.